The molecule has 3 heteroatoms. The van der Waals surface area contributed by atoms with Crippen LogP contribution in [0.1, 0.15) is 48.5 Å². The molecule has 0 spiro atoms. The van der Waals surface area contributed by atoms with Crippen molar-refractivity contribution in [3.63, 3.8) is 0 Å². The third-order valence-corrected chi connectivity index (χ3v) is 4.30. The third-order valence-electron chi connectivity index (χ3n) is 4.30. The van der Waals surface area contributed by atoms with Crippen molar-refractivity contribution in [1.29, 1.82) is 0 Å². The number of carboxylic acids is 1. The van der Waals surface area contributed by atoms with Crippen LogP contribution in [0.15, 0.2) is 0 Å². The van der Waals surface area contributed by atoms with Gasteiger partial charge in [0, 0.05) is 5.92 Å². The van der Waals surface area contributed by atoms with Gasteiger partial charge in [-0.1, -0.05) is 48.5 Å². The minimum absolute atomic E-state index is 0.0516. The van der Waals surface area contributed by atoms with Crippen molar-refractivity contribution >= 4 is 12.3 Å². The largest absolute Gasteiger partial charge is 0.481 e. The number of carbonyl (C=O) groups is 2. The molecular weight excluding hydrogens is 216 g/mol. The van der Waals surface area contributed by atoms with E-state index in [1.54, 1.807) is 0 Å². The quantitative estimate of drug-likeness (QED) is 0.753. The van der Waals surface area contributed by atoms with Crippen LogP contribution in [0.3, 0.4) is 0 Å². The summed E-state index contributed by atoms with van der Waals surface area (Å²) in [5.74, 6) is -2.03. The summed E-state index contributed by atoms with van der Waals surface area (Å²) in [6.45, 7) is 13.8. The zero-order valence-corrected chi connectivity index (χ0v) is 12.1. The van der Waals surface area contributed by atoms with Crippen molar-refractivity contribution in [1.82, 2.24) is 0 Å². The second kappa shape index (κ2) is 5.19. The Bertz CT molecular complexity index is 284. The van der Waals surface area contributed by atoms with Crippen molar-refractivity contribution in [2.24, 2.45) is 28.6 Å². The van der Waals surface area contributed by atoms with Gasteiger partial charge in [-0.25, -0.2) is 0 Å². The van der Waals surface area contributed by atoms with Gasteiger partial charge in [0.1, 0.15) is 6.29 Å². The molecule has 1 N–H and O–H groups in total. The van der Waals surface area contributed by atoms with E-state index in [4.69, 9.17) is 0 Å². The number of carboxylic acid groups (broad SMARTS) is 1. The van der Waals surface area contributed by atoms with E-state index >= 15 is 0 Å². The highest BCUT2D eigenvalue weighted by molar-refractivity contribution is 5.75. The summed E-state index contributed by atoms with van der Waals surface area (Å²) in [4.78, 5) is 22.7. The van der Waals surface area contributed by atoms with Gasteiger partial charge in [0.15, 0.2) is 0 Å². The van der Waals surface area contributed by atoms with E-state index in [0.29, 0.717) is 0 Å². The molecule has 0 rings (SSSR count). The normalized spacial score (nSPS) is 16.7. The Hall–Kier alpha value is -0.860. The minimum atomic E-state index is -0.880. The highest BCUT2D eigenvalue weighted by Crippen LogP contribution is 2.47. The van der Waals surface area contributed by atoms with Crippen molar-refractivity contribution < 1.29 is 14.7 Å². The lowest BCUT2D eigenvalue weighted by Crippen LogP contribution is -2.45. The van der Waals surface area contributed by atoms with Crippen molar-refractivity contribution in [3.8, 4) is 0 Å². The van der Waals surface area contributed by atoms with Gasteiger partial charge >= 0.3 is 5.97 Å². The number of hydrogen-bond donors (Lipinski definition) is 1. The molecule has 0 saturated carbocycles. The number of aldehydes is 1. The zero-order valence-electron chi connectivity index (χ0n) is 12.1. The molecule has 100 valence electrons. The summed E-state index contributed by atoms with van der Waals surface area (Å²) in [6.07, 6.45) is 0.823. The molecule has 0 aliphatic heterocycles. The van der Waals surface area contributed by atoms with Crippen LogP contribution < -0.4 is 0 Å². The molecule has 2 unspecified atom stereocenters. The Morgan fingerprint density at radius 2 is 1.53 bits per heavy atom. The van der Waals surface area contributed by atoms with E-state index < -0.39 is 17.8 Å². The topological polar surface area (TPSA) is 54.4 Å². The first kappa shape index (κ1) is 16.1. The van der Waals surface area contributed by atoms with E-state index in [2.05, 4.69) is 0 Å². The first-order valence-electron chi connectivity index (χ1n) is 6.15. The molecule has 2 atom stereocenters. The highest BCUT2D eigenvalue weighted by atomic mass is 16.4. The van der Waals surface area contributed by atoms with Gasteiger partial charge in [0.25, 0.3) is 0 Å². The Morgan fingerprint density at radius 3 is 1.71 bits per heavy atom. The van der Waals surface area contributed by atoms with E-state index in [9.17, 15) is 14.7 Å². The average Bonchev–Trinajstić information content (AvgIpc) is 2.09. The first-order valence-corrected chi connectivity index (χ1v) is 6.15. The molecule has 0 radical (unpaired) electrons. The van der Waals surface area contributed by atoms with Gasteiger partial charge < -0.3 is 9.90 Å². The predicted octanol–water partition coefficient (Wildman–Crippen LogP) is 3.23. The van der Waals surface area contributed by atoms with Gasteiger partial charge in [-0.15, -0.1) is 0 Å². The number of aliphatic carboxylic acids is 1. The highest BCUT2D eigenvalue weighted by Gasteiger charge is 2.46. The van der Waals surface area contributed by atoms with Crippen LogP contribution in [0.5, 0.6) is 0 Å². The van der Waals surface area contributed by atoms with Crippen LogP contribution in [0, 0.1) is 28.6 Å². The Balaban J connectivity index is 5.46. The van der Waals surface area contributed by atoms with Crippen LogP contribution >= 0.6 is 0 Å². The molecule has 0 aliphatic carbocycles. The molecule has 0 bridgehead atoms. The van der Waals surface area contributed by atoms with E-state index in [1.807, 2.05) is 48.5 Å². The Kier molecular flexibility index (Phi) is 4.93. The third kappa shape index (κ3) is 3.30. The second-order valence-corrected chi connectivity index (χ2v) is 6.74. The Labute approximate surface area is 105 Å². The fourth-order valence-electron chi connectivity index (χ4n) is 2.06. The zero-order chi connectivity index (χ0) is 14.0. The van der Waals surface area contributed by atoms with Crippen molar-refractivity contribution in [2.75, 3.05) is 0 Å². The molecule has 0 aromatic heterocycles. The summed E-state index contributed by atoms with van der Waals surface area (Å²) in [7, 11) is 0. The van der Waals surface area contributed by atoms with Gasteiger partial charge in [0.2, 0.25) is 0 Å². The van der Waals surface area contributed by atoms with Crippen LogP contribution in [-0.2, 0) is 9.59 Å². The molecule has 0 heterocycles. The van der Waals surface area contributed by atoms with Crippen molar-refractivity contribution in [3.05, 3.63) is 0 Å². The molecule has 0 saturated heterocycles. The maximum absolute atomic E-state index is 11.4. The first-order chi connectivity index (χ1) is 7.46. The SMILES string of the molecule is CC(C)C(C(=O)O)C(C=O)C(C)(C)C(C)(C)C. The molecule has 0 aliphatic rings. The van der Waals surface area contributed by atoms with Gasteiger partial charge in [-0.2, -0.15) is 0 Å². The number of carbonyl (C=O) groups excluding carboxylic acids is 1. The number of hydrogen-bond acceptors (Lipinski definition) is 2. The van der Waals surface area contributed by atoms with Crippen LogP contribution in [0.25, 0.3) is 0 Å². The summed E-state index contributed by atoms with van der Waals surface area (Å²) < 4.78 is 0. The molecular formula is C14H26O3. The molecule has 0 amide bonds. The number of rotatable bonds is 5. The second-order valence-electron chi connectivity index (χ2n) is 6.74. The predicted molar refractivity (Wildman–Crippen MR) is 68.8 cm³/mol. The summed E-state index contributed by atoms with van der Waals surface area (Å²) in [6, 6.07) is 0. The van der Waals surface area contributed by atoms with Crippen molar-refractivity contribution in [2.45, 2.75) is 48.5 Å². The molecule has 0 aromatic carbocycles. The van der Waals surface area contributed by atoms with E-state index in [0.717, 1.165) is 6.29 Å². The molecule has 3 nitrogen and oxygen atoms in total. The lowest BCUT2D eigenvalue weighted by molar-refractivity contribution is -0.152. The molecule has 0 fully saturated rings. The lowest BCUT2D eigenvalue weighted by Gasteiger charge is -2.45. The minimum Gasteiger partial charge on any atom is -0.481 e. The summed E-state index contributed by atoms with van der Waals surface area (Å²) in [5, 5.41) is 9.32. The Morgan fingerprint density at radius 1 is 1.12 bits per heavy atom. The smallest absolute Gasteiger partial charge is 0.307 e. The summed E-state index contributed by atoms with van der Waals surface area (Å²) >= 11 is 0. The maximum Gasteiger partial charge on any atom is 0.307 e. The standard InChI is InChI=1S/C14H26O3/c1-9(2)11(12(16)17)10(8-15)14(6,7)13(3,4)5/h8-11H,1-7H3,(H,16,17). The van der Waals surface area contributed by atoms with E-state index in [1.165, 1.54) is 0 Å². The van der Waals surface area contributed by atoms with Crippen LogP contribution in [0.4, 0.5) is 0 Å². The maximum atomic E-state index is 11.4. The molecule has 0 aromatic rings. The molecule has 17 heavy (non-hydrogen) atoms. The average molecular weight is 242 g/mol. The van der Waals surface area contributed by atoms with Crippen LogP contribution in [0.2, 0.25) is 0 Å². The fraction of sp³-hybridized carbons (Fsp3) is 0.857. The van der Waals surface area contributed by atoms with Gasteiger partial charge in [0.05, 0.1) is 5.92 Å². The monoisotopic (exact) mass is 242 g/mol. The van der Waals surface area contributed by atoms with Gasteiger partial charge in [-0.05, 0) is 16.7 Å². The van der Waals surface area contributed by atoms with Gasteiger partial charge in [-0.3, -0.25) is 4.79 Å². The fourth-order valence-corrected chi connectivity index (χ4v) is 2.06. The summed E-state index contributed by atoms with van der Waals surface area (Å²) in [5.41, 5.74) is -0.483. The van der Waals surface area contributed by atoms with Crippen LogP contribution in [-0.4, -0.2) is 17.4 Å². The van der Waals surface area contributed by atoms with E-state index in [-0.39, 0.29) is 16.7 Å². The lowest BCUT2D eigenvalue weighted by atomic mass is 9.58.